The molecule has 0 aliphatic rings. The van der Waals surface area contributed by atoms with Gasteiger partial charge >= 0.3 is 0 Å². The van der Waals surface area contributed by atoms with Crippen molar-refractivity contribution >= 4 is 31.9 Å². The molecule has 0 saturated carbocycles. The molecule has 1 aromatic heterocycles. The zero-order valence-corrected chi connectivity index (χ0v) is 11.8. The van der Waals surface area contributed by atoms with Gasteiger partial charge in [-0.05, 0) is 29.8 Å². The van der Waals surface area contributed by atoms with Gasteiger partial charge in [0, 0.05) is 7.05 Å². The number of nitrogens with zero attached hydrogens (tertiary/aromatic N) is 3. The molecule has 82 valence electrons. The van der Waals surface area contributed by atoms with Crippen LogP contribution in [0.15, 0.2) is 4.47 Å². The summed E-state index contributed by atoms with van der Waals surface area (Å²) in [7, 11) is 1.74. The summed E-state index contributed by atoms with van der Waals surface area (Å²) in [6.07, 6.45) is 0. The molecule has 0 aliphatic heterocycles. The van der Waals surface area contributed by atoms with E-state index in [1.54, 1.807) is 25.6 Å². The van der Waals surface area contributed by atoms with Crippen LogP contribution in [0.2, 0.25) is 0 Å². The van der Waals surface area contributed by atoms with Crippen LogP contribution in [0.3, 0.4) is 0 Å². The van der Waals surface area contributed by atoms with Gasteiger partial charge in [0.15, 0.2) is 5.69 Å². The van der Waals surface area contributed by atoms with Gasteiger partial charge in [-0.25, -0.2) is 0 Å². The number of aryl methyl sites for hydroxylation is 1. The molecule has 4 nitrogen and oxygen atoms in total. The monoisotopic (exact) mass is 335 g/mol. The van der Waals surface area contributed by atoms with E-state index in [1.165, 1.54) is 0 Å². The second-order valence-corrected chi connectivity index (χ2v) is 5.51. The fourth-order valence-electron chi connectivity index (χ4n) is 1.19. The maximum absolute atomic E-state index is 9.88. The summed E-state index contributed by atoms with van der Waals surface area (Å²) in [5.41, 5.74) is 0.142. The number of aliphatic hydroxyl groups is 1. The highest BCUT2D eigenvalue weighted by molar-refractivity contribution is 9.11. The van der Waals surface area contributed by atoms with Crippen molar-refractivity contribution in [3.8, 4) is 6.07 Å². The van der Waals surface area contributed by atoms with Gasteiger partial charge in [-0.15, -0.1) is 0 Å². The van der Waals surface area contributed by atoms with E-state index in [0.717, 1.165) is 5.69 Å². The molecule has 0 radical (unpaired) electrons. The van der Waals surface area contributed by atoms with Gasteiger partial charge in [0.1, 0.15) is 6.07 Å². The predicted octanol–water partition coefficient (Wildman–Crippen LogP) is 2.26. The molecule has 1 aromatic rings. The molecule has 0 aliphatic carbocycles. The van der Waals surface area contributed by atoms with Crippen LogP contribution >= 0.6 is 31.9 Å². The van der Waals surface area contributed by atoms with Crippen LogP contribution in [-0.4, -0.2) is 20.5 Å². The summed E-state index contributed by atoms with van der Waals surface area (Å²) >= 11 is 6.71. The van der Waals surface area contributed by atoms with E-state index >= 15 is 0 Å². The molecule has 0 fully saturated rings. The van der Waals surface area contributed by atoms with Gasteiger partial charge in [-0.1, -0.05) is 15.9 Å². The third kappa shape index (κ3) is 2.41. The first-order valence-corrected chi connectivity index (χ1v) is 5.98. The molecule has 6 heteroatoms. The first-order valence-electron chi connectivity index (χ1n) is 4.28. The van der Waals surface area contributed by atoms with Crippen LogP contribution in [0.4, 0.5) is 0 Å². The van der Waals surface area contributed by atoms with Crippen LogP contribution in [0.25, 0.3) is 0 Å². The topological polar surface area (TPSA) is 61.8 Å². The number of nitriles is 1. The maximum atomic E-state index is 9.88. The van der Waals surface area contributed by atoms with Crippen molar-refractivity contribution < 1.29 is 5.11 Å². The van der Waals surface area contributed by atoms with Gasteiger partial charge in [0.25, 0.3) is 0 Å². The highest BCUT2D eigenvalue weighted by Crippen LogP contribution is 2.38. The van der Waals surface area contributed by atoms with E-state index < -0.39 is 5.60 Å². The quantitative estimate of drug-likeness (QED) is 0.843. The van der Waals surface area contributed by atoms with Crippen LogP contribution in [0.5, 0.6) is 0 Å². The zero-order chi connectivity index (χ0) is 11.8. The Balaban J connectivity index is 3.27. The van der Waals surface area contributed by atoms with Gasteiger partial charge in [0.2, 0.25) is 0 Å². The van der Waals surface area contributed by atoms with Crippen LogP contribution in [0.1, 0.15) is 30.1 Å². The average molecular weight is 337 g/mol. The lowest BCUT2D eigenvalue weighted by atomic mass is 10.0. The fraction of sp³-hybridized carbons (Fsp3) is 0.556. The minimum Gasteiger partial charge on any atom is -0.389 e. The van der Waals surface area contributed by atoms with Gasteiger partial charge in [0.05, 0.1) is 20.6 Å². The largest absolute Gasteiger partial charge is 0.389 e. The SMILES string of the molecule is Cn1nc(C#N)c(Br)c1C(Br)C(C)(C)O. The molecule has 1 N–H and O–H groups in total. The standard InChI is InChI=1S/C9H11Br2N3O/c1-9(2,15)8(11)7-6(10)5(4-12)13-14(7)3/h8,15H,1-3H3. The Morgan fingerprint density at radius 1 is 1.60 bits per heavy atom. The molecule has 1 heterocycles. The van der Waals surface area contributed by atoms with Gasteiger partial charge in [-0.2, -0.15) is 10.4 Å². The molecule has 15 heavy (non-hydrogen) atoms. The highest BCUT2D eigenvalue weighted by Gasteiger charge is 2.31. The molecule has 0 amide bonds. The third-order valence-electron chi connectivity index (χ3n) is 2.00. The van der Waals surface area contributed by atoms with E-state index in [1.807, 2.05) is 6.07 Å². The third-order valence-corrected chi connectivity index (χ3v) is 4.33. The van der Waals surface area contributed by atoms with Crippen molar-refractivity contribution in [2.24, 2.45) is 7.05 Å². The molecule has 0 spiro atoms. The molecule has 1 atom stereocenters. The Kier molecular flexibility index (Phi) is 3.59. The Labute approximate surface area is 105 Å². The summed E-state index contributed by atoms with van der Waals surface area (Å²) in [4.78, 5) is -0.293. The van der Waals surface area contributed by atoms with Gasteiger partial charge in [-0.3, -0.25) is 4.68 Å². The van der Waals surface area contributed by atoms with Crippen molar-refractivity contribution in [1.82, 2.24) is 9.78 Å². The minimum absolute atomic E-state index is 0.293. The van der Waals surface area contributed by atoms with E-state index in [4.69, 9.17) is 5.26 Å². The van der Waals surface area contributed by atoms with Crippen LogP contribution in [0, 0.1) is 11.3 Å². The minimum atomic E-state index is -0.928. The first kappa shape index (κ1) is 12.7. The molecule has 0 bridgehead atoms. The van der Waals surface area contributed by atoms with E-state index in [-0.39, 0.29) is 4.83 Å². The molecule has 0 aromatic carbocycles. The summed E-state index contributed by atoms with van der Waals surface area (Å²) in [6, 6.07) is 1.98. The second kappa shape index (κ2) is 4.24. The van der Waals surface area contributed by atoms with E-state index in [0.29, 0.717) is 10.2 Å². The van der Waals surface area contributed by atoms with Crippen molar-refractivity contribution in [2.45, 2.75) is 24.3 Å². The molecule has 1 unspecified atom stereocenters. The second-order valence-electron chi connectivity index (χ2n) is 3.80. The maximum Gasteiger partial charge on any atom is 0.176 e. The van der Waals surface area contributed by atoms with Crippen molar-refractivity contribution in [1.29, 1.82) is 5.26 Å². The van der Waals surface area contributed by atoms with Crippen molar-refractivity contribution in [2.75, 3.05) is 0 Å². The van der Waals surface area contributed by atoms with Gasteiger partial charge < -0.3 is 5.11 Å². The number of aromatic nitrogens is 2. The average Bonchev–Trinajstić information content (AvgIpc) is 2.39. The van der Waals surface area contributed by atoms with E-state index in [2.05, 4.69) is 37.0 Å². The van der Waals surface area contributed by atoms with Crippen molar-refractivity contribution in [3.63, 3.8) is 0 Å². The molecular formula is C9H11Br2N3O. The number of halogens is 2. The normalized spacial score (nSPS) is 13.7. The number of rotatable bonds is 2. The smallest absolute Gasteiger partial charge is 0.176 e. The Hall–Kier alpha value is -0.380. The predicted molar refractivity (Wildman–Crippen MR) is 63.6 cm³/mol. The summed E-state index contributed by atoms with van der Waals surface area (Å²) in [5, 5.41) is 22.7. The first-order chi connectivity index (χ1) is 6.79. The molecule has 1 rings (SSSR count). The Bertz CT molecular complexity index is 414. The van der Waals surface area contributed by atoms with Crippen molar-refractivity contribution in [3.05, 3.63) is 15.9 Å². The fourth-order valence-corrected chi connectivity index (χ4v) is 2.68. The zero-order valence-electron chi connectivity index (χ0n) is 8.62. The summed E-state index contributed by atoms with van der Waals surface area (Å²) in [6.45, 7) is 3.38. The lowest BCUT2D eigenvalue weighted by molar-refractivity contribution is 0.0773. The Morgan fingerprint density at radius 2 is 2.13 bits per heavy atom. The Morgan fingerprint density at radius 3 is 2.47 bits per heavy atom. The molecule has 0 saturated heterocycles. The summed E-state index contributed by atoms with van der Waals surface area (Å²) in [5.74, 6) is 0. The number of hydrogen-bond donors (Lipinski definition) is 1. The number of alkyl halides is 1. The summed E-state index contributed by atoms with van der Waals surface area (Å²) < 4.78 is 2.21. The molecular weight excluding hydrogens is 326 g/mol. The number of hydrogen-bond acceptors (Lipinski definition) is 3. The lowest BCUT2D eigenvalue weighted by Gasteiger charge is -2.24. The lowest BCUT2D eigenvalue weighted by Crippen LogP contribution is -2.26. The van der Waals surface area contributed by atoms with Crippen LogP contribution < -0.4 is 0 Å². The highest BCUT2D eigenvalue weighted by atomic mass is 79.9. The van der Waals surface area contributed by atoms with E-state index in [9.17, 15) is 5.11 Å². The van der Waals surface area contributed by atoms with Crippen LogP contribution in [-0.2, 0) is 7.05 Å².